The van der Waals surface area contributed by atoms with E-state index in [9.17, 15) is 14.7 Å². The Morgan fingerprint density at radius 3 is 2.45 bits per heavy atom. The van der Waals surface area contributed by atoms with Crippen molar-refractivity contribution >= 4 is 34.5 Å². The largest absolute Gasteiger partial charge is 0.497 e. The third-order valence-electron chi connectivity index (χ3n) is 4.84. The van der Waals surface area contributed by atoms with E-state index < -0.39 is 17.3 Å². The summed E-state index contributed by atoms with van der Waals surface area (Å²) < 4.78 is 15.3. The highest BCUT2D eigenvalue weighted by atomic mass is 32.2. The van der Waals surface area contributed by atoms with E-state index in [1.54, 1.807) is 42.5 Å². The van der Waals surface area contributed by atoms with Crippen molar-refractivity contribution in [3.05, 3.63) is 53.6 Å². The number of benzene rings is 2. The predicted molar refractivity (Wildman–Crippen MR) is 118 cm³/mol. The van der Waals surface area contributed by atoms with Crippen molar-refractivity contribution in [1.82, 2.24) is 4.90 Å². The van der Waals surface area contributed by atoms with Crippen LogP contribution in [-0.2, 0) is 9.53 Å². The van der Waals surface area contributed by atoms with Gasteiger partial charge in [-0.25, -0.2) is 9.79 Å². The van der Waals surface area contributed by atoms with Crippen molar-refractivity contribution in [1.29, 1.82) is 0 Å². The molecule has 1 aliphatic rings. The summed E-state index contributed by atoms with van der Waals surface area (Å²) in [5.41, 5.74) is 1.45. The standard InChI is InChI=1S/C22H24N2O6S/c1-5-24-20(26)19(18(25)16-12-15(28-2)10-11-17(16)29-3)31-22(24)23-14-8-6-13(7-9-14)21(27)30-4/h6-12,18-19,25H,5H2,1-4H3. The minimum Gasteiger partial charge on any atom is -0.497 e. The van der Waals surface area contributed by atoms with E-state index in [0.29, 0.717) is 40.0 Å². The Labute approximate surface area is 184 Å². The molecule has 1 saturated heterocycles. The number of esters is 1. The smallest absolute Gasteiger partial charge is 0.337 e. The van der Waals surface area contributed by atoms with Gasteiger partial charge in [0.2, 0.25) is 5.91 Å². The van der Waals surface area contributed by atoms with Crippen LogP contribution >= 0.6 is 11.8 Å². The zero-order valence-electron chi connectivity index (χ0n) is 17.7. The van der Waals surface area contributed by atoms with E-state index in [1.807, 2.05) is 6.92 Å². The normalized spacial score (nSPS) is 18.2. The fourth-order valence-electron chi connectivity index (χ4n) is 3.19. The van der Waals surface area contributed by atoms with Crippen LogP contribution in [0.2, 0.25) is 0 Å². The molecular weight excluding hydrogens is 420 g/mol. The van der Waals surface area contributed by atoms with E-state index in [2.05, 4.69) is 4.99 Å². The Bertz CT molecular complexity index is 992. The van der Waals surface area contributed by atoms with Gasteiger partial charge in [-0.3, -0.25) is 9.69 Å². The zero-order valence-corrected chi connectivity index (χ0v) is 18.5. The third kappa shape index (κ3) is 4.67. The van der Waals surface area contributed by atoms with Crippen molar-refractivity contribution in [3.8, 4) is 11.5 Å². The summed E-state index contributed by atoms with van der Waals surface area (Å²) in [5, 5.41) is 10.7. The molecule has 0 aliphatic carbocycles. The van der Waals surface area contributed by atoms with Crippen molar-refractivity contribution in [2.75, 3.05) is 27.9 Å². The lowest BCUT2D eigenvalue weighted by Gasteiger charge is -2.19. The minimum absolute atomic E-state index is 0.241. The Morgan fingerprint density at radius 2 is 1.87 bits per heavy atom. The molecule has 8 nitrogen and oxygen atoms in total. The average molecular weight is 445 g/mol. The summed E-state index contributed by atoms with van der Waals surface area (Å²) in [6, 6.07) is 11.6. The number of amides is 1. The molecule has 1 heterocycles. The van der Waals surface area contributed by atoms with Gasteiger partial charge in [0.25, 0.3) is 0 Å². The Hall–Kier alpha value is -3.04. The number of aliphatic hydroxyl groups excluding tert-OH is 1. The number of carbonyl (C=O) groups excluding carboxylic acids is 2. The fourth-order valence-corrected chi connectivity index (χ4v) is 4.42. The number of methoxy groups -OCH3 is 3. The Morgan fingerprint density at radius 1 is 1.16 bits per heavy atom. The number of hydrogen-bond donors (Lipinski definition) is 1. The van der Waals surface area contributed by atoms with Gasteiger partial charge in [-0.2, -0.15) is 0 Å². The van der Waals surface area contributed by atoms with E-state index in [1.165, 1.54) is 38.0 Å². The quantitative estimate of drug-likeness (QED) is 0.655. The topological polar surface area (TPSA) is 97.7 Å². The highest BCUT2D eigenvalue weighted by Gasteiger charge is 2.42. The molecule has 3 rings (SSSR count). The van der Waals surface area contributed by atoms with Gasteiger partial charge < -0.3 is 19.3 Å². The van der Waals surface area contributed by atoms with Crippen molar-refractivity contribution in [2.24, 2.45) is 4.99 Å². The monoisotopic (exact) mass is 444 g/mol. The number of carbonyl (C=O) groups is 2. The summed E-state index contributed by atoms with van der Waals surface area (Å²) in [6.45, 7) is 2.25. The molecular formula is C22H24N2O6S. The number of amidine groups is 1. The van der Waals surface area contributed by atoms with Crippen molar-refractivity contribution in [2.45, 2.75) is 18.3 Å². The van der Waals surface area contributed by atoms with Gasteiger partial charge in [-0.1, -0.05) is 11.8 Å². The van der Waals surface area contributed by atoms with Crippen LogP contribution in [-0.4, -0.2) is 60.2 Å². The van der Waals surface area contributed by atoms with Gasteiger partial charge in [0.1, 0.15) is 22.9 Å². The molecule has 1 N–H and O–H groups in total. The molecule has 2 unspecified atom stereocenters. The van der Waals surface area contributed by atoms with Crippen LogP contribution in [0.4, 0.5) is 5.69 Å². The number of aliphatic imine (C=N–C) groups is 1. The predicted octanol–water partition coefficient (Wildman–Crippen LogP) is 3.18. The van der Waals surface area contributed by atoms with Crippen LogP contribution in [0.25, 0.3) is 0 Å². The first-order chi connectivity index (χ1) is 14.9. The van der Waals surface area contributed by atoms with E-state index >= 15 is 0 Å². The number of thioether (sulfide) groups is 1. The van der Waals surface area contributed by atoms with Crippen LogP contribution in [0, 0.1) is 0 Å². The SMILES string of the molecule is CCN1C(=O)C(C(O)c2cc(OC)ccc2OC)SC1=Nc1ccc(C(=O)OC)cc1. The average Bonchev–Trinajstić information content (AvgIpc) is 3.12. The van der Waals surface area contributed by atoms with Gasteiger partial charge in [-0.05, 0) is 49.4 Å². The number of nitrogens with zero attached hydrogens (tertiary/aromatic N) is 2. The second-order valence-corrected chi connectivity index (χ2v) is 7.72. The molecule has 2 aromatic rings. The molecule has 164 valence electrons. The maximum absolute atomic E-state index is 13.0. The summed E-state index contributed by atoms with van der Waals surface area (Å²) in [6.07, 6.45) is -1.12. The number of ether oxygens (including phenoxy) is 3. The van der Waals surface area contributed by atoms with E-state index in [-0.39, 0.29) is 5.91 Å². The van der Waals surface area contributed by atoms with Crippen LogP contribution < -0.4 is 9.47 Å². The summed E-state index contributed by atoms with van der Waals surface area (Å²) >= 11 is 1.19. The first-order valence-electron chi connectivity index (χ1n) is 9.58. The molecule has 9 heteroatoms. The van der Waals surface area contributed by atoms with Gasteiger partial charge in [0.15, 0.2) is 5.17 Å². The second-order valence-electron chi connectivity index (χ2n) is 6.61. The first kappa shape index (κ1) is 22.6. The lowest BCUT2D eigenvalue weighted by molar-refractivity contribution is -0.127. The van der Waals surface area contributed by atoms with Gasteiger partial charge in [-0.15, -0.1) is 0 Å². The highest BCUT2D eigenvalue weighted by Crippen LogP contribution is 2.40. The van der Waals surface area contributed by atoms with Gasteiger partial charge >= 0.3 is 5.97 Å². The van der Waals surface area contributed by atoms with Crippen LogP contribution in [0.5, 0.6) is 11.5 Å². The number of aliphatic hydroxyl groups is 1. The summed E-state index contributed by atoms with van der Waals surface area (Å²) in [7, 11) is 4.35. The lowest BCUT2D eigenvalue weighted by Crippen LogP contribution is -2.34. The molecule has 31 heavy (non-hydrogen) atoms. The number of hydrogen-bond acceptors (Lipinski definition) is 8. The first-order valence-corrected chi connectivity index (χ1v) is 10.5. The van der Waals surface area contributed by atoms with Crippen molar-refractivity contribution < 1.29 is 28.9 Å². The van der Waals surface area contributed by atoms with Crippen LogP contribution in [0.1, 0.15) is 28.9 Å². The Kier molecular flexibility index (Phi) is 7.19. The summed E-state index contributed by atoms with van der Waals surface area (Å²) in [5.74, 6) is 0.343. The van der Waals surface area contributed by atoms with E-state index in [0.717, 1.165) is 0 Å². The zero-order chi connectivity index (χ0) is 22.5. The fraction of sp³-hybridized carbons (Fsp3) is 0.318. The summed E-state index contributed by atoms with van der Waals surface area (Å²) in [4.78, 5) is 30.7. The minimum atomic E-state index is -1.12. The van der Waals surface area contributed by atoms with Gasteiger partial charge in [0, 0.05) is 12.1 Å². The Balaban J connectivity index is 1.89. The van der Waals surface area contributed by atoms with Crippen LogP contribution in [0.15, 0.2) is 47.5 Å². The maximum atomic E-state index is 13.0. The van der Waals surface area contributed by atoms with Gasteiger partial charge in [0.05, 0.1) is 32.6 Å². The van der Waals surface area contributed by atoms with Crippen molar-refractivity contribution in [3.63, 3.8) is 0 Å². The number of rotatable bonds is 7. The molecule has 0 saturated carbocycles. The third-order valence-corrected chi connectivity index (χ3v) is 6.08. The molecule has 1 aliphatic heterocycles. The molecule has 1 amide bonds. The second kappa shape index (κ2) is 9.84. The van der Waals surface area contributed by atoms with E-state index in [4.69, 9.17) is 14.2 Å². The molecule has 2 aromatic carbocycles. The molecule has 0 aromatic heterocycles. The highest BCUT2D eigenvalue weighted by molar-refractivity contribution is 8.15. The maximum Gasteiger partial charge on any atom is 0.337 e. The molecule has 1 fully saturated rings. The molecule has 0 spiro atoms. The molecule has 0 radical (unpaired) electrons. The molecule has 0 bridgehead atoms. The lowest BCUT2D eigenvalue weighted by atomic mass is 10.0. The van der Waals surface area contributed by atoms with Crippen LogP contribution in [0.3, 0.4) is 0 Å². The molecule has 2 atom stereocenters.